The number of hydrogen-bond acceptors (Lipinski definition) is 6. The number of anilines is 2. The molecule has 1 aliphatic heterocycles. The van der Waals surface area contributed by atoms with Crippen LogP contribution in [0.25, 0.3) is 0 Å². The fourth-order valence-electron chi connectivity index (χ4n) is 4.19. The van der Waals surface area contributed by atoms with Crippen LogP contribution in [-0.4, -0.2) is 50.0 Å². The van der Waals surface area contributed by atoms with Crippen LogP contribution in [0.3, 0.4) is 0 Å². The van der Waals surface area contributed by atoms with Crippen LogP contribution in [0.15, 0.2) is 41.3 Å². The van der Waals surface area contributed by atoms with E-state index < -0.39 is 74.9 Å². The number of nitrogens with zero attached hydrogens (tertiary/aromatic N) is 1. The third kappa shape index (κ3) is 7.61. The summed E-state index contributed by atoms with van der Waals surface area (Å²) in [7, 11) is -4.92. The third-order valence-corrected chi connectivity index (χ3v) is 8.31. The van der Waals surface area contributed by atoms with Crippen molar-refractivity contribution in [2.75, 3.05) is 16.2 Å². The number of carboxylic acids is 1. The topological polar surface area (TPSA) is 122 Å². The van der Waals surface area contributed by atoms with Crippen LogP contribution in [0.5, 0.6) is 5.75 Å². The predicted molar refractivity (Wildman–Crippen MR) is 138 cm³/mol. The molecule has 3 rings (SSSR count). The number of amides is 1. The Morgan fingerprint density at radius 3 is 2.33 bits per heavy atom. The molecule has 0 spiro atoms. The van der Waals surface area contributed by atoms with Gasteiger partial charge in [-0.15, -0.1) is 0 Å². The second-order valence-electron chi connectivity index (χ2n) is 10.2. The van der Waals surface area contributed by atoms with Crippen LogP contribution in [0.4, 0.5) is 46.9 Å². The van der Waals surface area contributed by atoms with Crippen molar-refractivity contribution in [2.24, 2.45) is 5.92 Å². The number of fused-ring (bicyclic) bond motifs is 1. The van der Waals surface area contributed by atoms with E-state index in [0.717, 1.165) is 18.2 Å². The van der Waals surface area contributed by atoms with Gasteiger partial charge < -0.3 is 14.6 Å². The van der Waals surface area contributed by atoms with Gasteiger partial charge in [-0.1, -0.05) is 13.3 Å². The van der Waals surface area contributed by atoms with Crippen molar-refractivity contribution in [3.8, 4) is 5.75 Å². The summed E-state index contributed by atoms with van der Waals surface area (Å²) in [6, 6.07) is 4.28. The van der Waals surface area contributed by atoms with Gasteiger partial charge in [-0.2, -0.15) is 26.3 Å². The van der Waals surface area contributed by atoms with Gasteiger partial charge in [0, 0.05) is 5.69 Å². The van der Waals surface area contributed by atoms with Gasteiger partial charge in [-0.25, -0.2) is 17.6 Å². The Morgan fingerprint density at radius 2 is 1.77 bits per heavy atom. The van der Waals surface area contributed by atoms with Crippen LogP contribution >= 0.6 is 0 Å². The molecule has 2 aromatic carbocycles. The lowest BCUT2D eigenvalue weighted by Gasteiger charge is -2.36. The van der Waals surface area contributed by atoms with E-state index in [1.807, 2.05) is 5.32 Å². The van der Waals surface area contributed by atoms with Gasteiger partial charge in [-0.3, -0.25) is 14.4 Å². The van der Waals surface area contributed by atoms with E-state index >= 15 is 0 Å². The van der Waals surface area contributed by atoms with E-state index in [9.17, 15) is 53.8 Å². The summed E-state index contributed by atoms with van der Waals surface area (Å²) in [4.78, 5) is 23.0. The maximum Gasteiger partial charge on any atom is 0.427 e. The van der Waals surface area contributed by atoms with Crippen molar-refractivity contribution in [1.82, 2.24) is 0 Å². The lowest BCUT2D eigenvalue weighted by atomic mass is 9.96. The number of sulfonamides is 1. The Kier molecular flexibility index (Phi) is 9.48. The Balaban J connectivity index is 2.06. The average molecular weight is 645 g/mol. The van der Waals surface area contributed by atoms with Gasteiger partial charge in [0.1, 0.15) is 17.7 Å². The molecule has 238 valence electrons. The molecule has 1 amide bonds. The Labute approximate surface area is 241 Å². The Bertz CT molecular complexity index is 1480. The highest BCUT2D eigenvalue weighted by Crippen LogP contribution is 2.42. The van der Waals surface area contributed by atoms with Crippen molar-refractivity contribution in [1.29, 1.82) is 0 Å². The summed E-state index contributed by atoms with van der Waals surface area (Å²) < 4.78 is 132. The van der Waals surface area contributed by atoms with Crippen LogP contribution < -0.4 is 14.4 Å². The first-order chi connectivity index (χ1) is 19.7. The van der Waals surface area contributed by atoms with Gasteiger partial charge in [0.25, 0.3) is 10.0 Å². The second kappa shape index (κ2) is 12.1. The molecule has 2 aromatic rings. The minimum atomic E-state index is -5.24. The number of ether oxygens (including phenoxy) is 2. The first kappa shape index (κ1) is 33.7. The first-order valence-corrected chi connectivity index (χ1v) is 14.1. The minimum absolute atomic E-state index is 0.102. The number of alkyl halides is 6. The summed E-state index contributed by atoms with van der Waals surface area (Å²) in [5, 5.41) is 11.6. The van der Waals surface area contributed by atoms with E-state index in [0.29, 0.717) is 36.7 Å². The molecule has 17 heteroatoms. The summed E-state index contributed by atoms with van der Waals surface area (Å²) in [5.41, 5.74) is -5.36. The molecule has 1 aliphatic rings. The van der Waals surface area contributed by atoms with Crippen LogP contribution in [0.2, 0.25) is 0 Å². The van der Waals surface area contributed by atoms with E-state index in [4.69, 9.17) is 4.74 Å². The number of nitrogens with one attached hydrogen (secondary N) is 1. The lowest BCUT2D eigenvalue weighted by molar-refractivity contribution is -0.242. The number of aliphatic carboxylic acids is 1. The van der Waals surface area contributed by atoms with Gasteiger partial charge >= 0.3 is 24.4 Å². The van der Waals surface area contributed by atoms with Crippen LogP contribution in [0, 0.1) is 11.7 Å². The van der Waals surface area contributed by atoms with Crippen LogP contribution in [0.1, 0.15) is 45.6 Å². The first-order valence-electron chi connectivity index (χ1n) is 12.7. The monoisotopic (exact) mass is 644 g/mol. The SMILES string of the molecule is CCCC(CC1CN(S(=O)(=O)c2ccc(F)c(C(F)(F)F)c2)c2cc(NC(=O)OC(C)(C)C(F)(F)F)ccc2O1)C(=O)O. The van der Waals surface area contributed by atoms with E-state index in [-0.39, 0.29) is 36.0 Å². The van der Waals surface area contributed by atoms with Crippen molar-refractivity contribution < 1.29 is 63.3 Å². The molecule has 9 nitrogen and oxygen atoms in total. The zero-order chi connectivity index (χ0) is 32.5. The molecule has 0 saturated heterocycles. The molecule has 1 heterocycles. The summed E-state index contributed by atoms with van der Waals surface area (Å²) >= 11 is 0. The molecule has 43 heavy (non-hydrogen) atoms. The normalized spacial score (nSPS) is 16.6. The molecule has 0 fully saturated rings. The molecule has 0 radical (unpaired) electrons. The van der Waals surface area contributed by atoms with Crippen molar-refractivity contribution >= 4 is 33.5 Å². The third-order valence-electron chi connectivity index (χ3n) is 6.53. The standard InChI is InChI=1S/C26H27F7N2O7S/c1-4-5-14(22(36)37)10-16-13-35(43(39,40)17-7-8-19(27)18(12-17)25(28,29)30)20-11-15(6-9-21(20)41-16)34-23(38)42-24(2,3)26(31,32)33/h6-9,11-12,14,16H,4-5,10,13H2,1-3H3,(H,34,38)(H,36,37). The molecular weight excluding hydrogens is 617 g/mol. The molecule has 2 atom stereocenters. The van der Waals surface area contributed by atoms with Gasteiger partial charge in [0.2, 0.25) is 5.60 Å². The molecule has 0 aliphatic carbocycles. The van der Waals surface area contributed by atoms with Crippen LogP contribution in [-0.2, 0) is 25.7 Å². The summed E-state index contributed by atoms with van der Waals surface area (Å²) in [6.45, 7) is 2.33. The van der Waals surface area contributed by atoms with E-state index in [2.05, 4.69) is 4.74 Å². The molecule has 2 unspecified atom stereocenters. The minimum Gasteiger partial charge on any atom is -0.486 e. The molecular formula is C26H27F7N2O7S. The zero-order valence-electron chi connectivity index (χ0n) is 22.8. The smallest absolute Gasteiger partial charge is 0.427 e. The Hall–Kier alpha value is -3.76. The van der Waals surface area contributed by atoms with Gasteiger partial charge in [-0.05, 0) is 63.1 Å². The number of halogens is 7. The van der Waals surface area contributed by atoms with E-state index in [1.165, 1.54) is 0 Å². The summed E-state index contributed by atoms with van der Waals surface area (Å²) in [6.07, 6.45) is -12.3. The number of carboxylic acid groups (broad SMARTS) is 1. The molecule has 0 aromatic heterocycles. The number of carbonyl (C=O) groups is 2. The highest BCUT2D eigenvalue weighted by atomic mass is 32.2. The second-order valence-corrected chi connectivity index (χ2v) is 12.0. The maximum atomic E-state index is 13.9. The van der Waals surface area contributed by atoms with Crippen molar-refractivity contribution in [3.05, 3.63) is 47.8 Å². The molecule has 2 N–H and O–H groups in total. The van der Waals surface area contributed by atoms with Crippen molar-refractivity contribution in [3.63, 3.8) is 0 Å². The van der Waals surface area contributed by atoms with E-state index in [1.54, 1.807) is 6.92 Å². The molecule has 0 saturated carbocycles. The lowest BCUT2D eigenvalue weighted by Crippen LogP contribution is -2.45. The molecule has 0 bridgehead atoms. The average Bonchev–Trinajstić information content (AvgIpc) is 2.86. The van der Waals surface area contributed by atoms with Gasteiger partial charge in [0.05, 0.1) is 28.6 Å². The Morgan fingerprint density at radius 1 is 1.12 bits per heavy atom. The largest absolute Gasteiger partial charge is 0.486 e. The summed E-state index contributed by atoms with van der Waals surface area (Å²) in [5.74, 6) is -4.05. The number of hydrogen-bond donors (Lipinski definition) is 2. The fraction of sp³-hybridized carbons (Fsp3) is 0.462. The zero-order valence-corrected chi connectivity index (χ0v) is 23.7. The van der Waals surface area contributed by atoms with Crippen molar-refractivity contribution in [2.45, 2.75) is 69.0 Å². The predicted octanol–water partition coefficient (Wildman–Crippen LogP) is 6.58. The van der Waals surface area contributed by atoms with Gasteiger partial charge in [0.15, 0.2) is 0 Å². The highest BCUT2D eigenvalue weighted by Gasteiger charge is 2.51. The highest BCUT2D eigenvalue weighted by molar-refractivity contribution is 7.92. The quantitative estimate of drug-likeness (QED) is 0.296. The number of carbonyl (C=O) groups excluding carboxylic acids is 1. The number of rotatable bonds is 9. The number of benzene rings is 2. The fourth-order valence-corrected chi connectivity index (χ4v) is 5.72. The maximum absolute atomic E-state index is 13.9.